The molecule has 0 saturated carbocycles. The maximum Gasteiger partial charge on any atom is 0.251 e. The Morgan fingerprint density at radius 3 is 2.89 bits per heavy atom. The van der Waals surface area contributed by atoms with Crippen molar-refractivity contribution in [2.24, 2.45) is 5.73 Å². The highest BCUT2D eigenvalue weighted by atomic mass is 16.5. The lowest BCUT2D eigenvalue weighted by molar-refractivity contribution is -0.100. The van der Waals surface area contributed by atoms with E-state index in [2.05, 4.69) is 9.97 Å². The summed E-state index contributed by atoms with van der Waals surface area (Å²) < 4.78 is 10.9. The molecule has 1 aliphatic rings. The highest BCUT2D eigenvalue weighted by molar-refractivity contribution is 5.10. The van der Waals surface area contributed by atoms with Gasteiger partial charge in [-0.05, 0) is 6.54 Å². The van der Waals surface area contributed by atoms with Gasteiger partial charge in [0.25, 0.3) is 5.56 Å². The Bertz CT molecular complexity index is 452. The largest absolute Gasteiger partial charge is 0.381 e. The predicted molar refractivity (Wildman–Crippen MR) is 66.4 cm³/mol. The molecule has 0 amide bonds. The molecular formula is C12H19N3O3. The minimum atomic E-state index is -0.540. The van der Waals surface area contributed by atoms with Crippen molar-refractivity contribution in [2.45, 2.75) is 24.9 Å². The first-order valence-electron chi connectivity index (χ1n) is 6.14. The number of ether oxygens (including phenoxy) is 2. The predicted octanol–water partition coefficient (Wildman–Crippen LogP) is -0.0768. The molecule has 6 nitrogen and oxygen atoms in total. The van der Waals surface area contributed by atoms with Gasteiger partial charge in [0.15, 0.2) is 0 Å². The van der Waals surface area contributed by atoms with Crippen molar-refractivity contribution >= 4 is 0 Å². The van der Waals surface area contributed by atoms with Gasteiger partial charge >= 0.3 is 0 Å². The summed E-state index contributed by atoms with van der Waals surface area (Å²) in [7, 11) is 1.64. The first-order valence-corrected chi connectivity index (χ1v) is 6.14. The molecule has 6 heteroatoms. The van der Waals surface area contributed by atoms with E-state index >= 15 is 0 Å². The SMILES string of the molecule is COC1(c2nc(CCN)cc(=O)[nH]2)CCOCC1. The molecule has 1 fully saturated rings. The van der Waals surface area contributed by atoms with Gasteiger partial charge in [0, 0.05) is 51.3 Å². The lowest BCUT2D eigenvalue weighted by Crippen LogP contribution is -2.39. The monoisotopic (exact) mass is 253 g/mol. The molecule has 1 aliphatic heterocycles. The Kier molecular flexibility index (Phi) is 4.11. The van der Waals surface area contributed by atoms with E-state index in [9.17, 15) is 4.79 Å². The van der Waals surface area contributed by atoms with Crippen LogP contribution in [-0.2, 0) is 21.5 Å². The Morgan fingerprint density at radius 2 is 2.28 bits per heavy atom. The van der Waals surface area contributed by atoms with E-state index in [1.807, 2.05) is 0 Å². The number of nitrogens with two attached hydrogens (primary N) is 1. The normalized spacial score (nSPS) is 18.8. The van der Waals surface area contributed by atoms with Crippen LogP contribution < -0.4 is 11.3 Å². The van der Waals surface area contributed by atoms with Gasteiger partial charge in [0.2, 0.25) is 0 Å². The summed E-state index contributed by atoms with van der Waals surface area (Å²) in [6.45, 7) is 1.69. The second-order valence-electron chi connectivity index (χ2n) is 4.43. The molecule has 1 aromatic heterocycles. The fourth-order valence-electron chi connectivity index (χ4n) is 2.24. The Labute approximate surface area is 106 Å². The van der Waals surface area contributed by atoms with Crippen molar-refractivity contribution in [3.05, 3.63) is 27.9 Å². The fraction of sp³-hybridized carbons (Fsp3) is 0.667. The van der Waals surface area contributed by atoms with Crippen LogP contribution in [0.1, 0.15) is 24.4 Å². The number of hydrogen-bond acceptors (Lipinski definition) is 5. The minimum absolute atomic E-state index is 0.161. The van der Waals surface area contributed by atoms with Crippen LogP contribution in [0.15, 0.2) is 10.9 Å². The van der Waals surface area contributed by atoms with Gasteiger partial charge in [0.05, 0.1) is 0 Å². The molecule has 0 bridgehead atoms. The summed E-state index contributed by atoms with van der Waals surface area (Å²) in [5.74, 6) is 0.587. The van der Waals surface area contributed by atoms with Crippen LogP contribution in [-0.4, -0.2) is 36.8 Å². The third kappa shape index (κ3) is 2.60. The van der Waals surface area contributed by atoms with E-state index in [-0.39, 0.29) is 5.56 Å². The molecule has 100 valence electrons. The molecule has 0 spiro atoms. The van der Waals surface area contributed by atoms with Crippen molar-refractivity contribution in [3.63, 3.8) is 0 Å². The average molecular weight is 253 g/mol. The quantitative estimate of drug-likeness (QED) is 0.783. The highest BCUT2D eigenvalue weighted by Crippen LogP contribution is 2.32. The molecule has 2 rings (SSSR count). The van der Waals surface area contributed by atoms with Crippen LogP contribution >= 0.6 is 0 Å². The van der Waals surface area contributed by atoms with Gasteiger partial charge in [0.1, 0.15) is 11.4 Å². The molecule has 0 radical (unpaired) electrons. The molecule has 0 aromatic carbocycles. The third-order valence-electron chi connectivity index (χ3n) is 3.32. The van der Waals surface area contributed by atoms with Crippen molar-refractivity contribution in [1.82, 2.24) is 9.97 Å². The van der Waals surface area contributed by atoms with E-state index in [0.717, 1.165) is 0 Å². The molecule has 0 atom stereocenters. The average Bonchev–Trinajstić information content (AvgIpc) is 2.39. The molecule has 1 saturated heterocycles. The summed E-state index contributed by atoms with van der Waals surface area (Å²) in [5, 5.41) is 0. The summed E-state index contributed by atoms with van der Waals surface area (Å²) in [6.07, 6.45) is 1.98. The maximum atomic E-state index is 11.7. The van der Waals surface area contributed by atoms with Crippen LogP contribution in [0.2, 0.25) is 0 Å². The Morgan fingerprint density at radius 1 is 1.56 bits per heavy atom. The number of rotatable bonds is 4. The Balaban J connectivity index is 2.38. The van der Waals surface area contributed by atoms with Crippen LogP contribution in [0.25, 0.3) is 0 Å². The molecular weight excluding hydrogens is 234 g/mol. The van der Waals surface area contributed by atoms with E-state index < -0.39 is 5.60 Å². The zero-order chi connectivity index (χ0) is 13.0. The van der Waals surface area contributed by atoms with Crippen LogP contribution in [0, 0.1) is 0 Å². The lowest BCUT2D eigenvalue weighted by Gasteiger charge is -2.34. The first kappa shape index (κ1) is 13.2. The second-order valence-corrected chi connectivity index (χ2v) is 4.43. The molecule has 3 N–H and O–H groups in total. The molecule has 2 heterocycles. The van der Waals surface area contributed by atoms with E-state index in [1.54, 1.807) is 7.11 Å². The highest BCUT2D eigenvalue weighted by Gasteiger charge is 2.37. The maximum absolute atomic E-state index is 11.7. The zero-order valence-corrected chi connectivity index (χ0v) is 10.6. The first-order chi connectivity index (χ1) is 8.70. The van der Waals surface area contributed by atoms with Gasteiger partial charge in [-0.2, -0.15) is 0 Å². The van der Waals surface area contributed by atoms with Crippen LogP contribution in [0.4, 0.5) is 0 Å². The lowest BCUT2D eigenvalue weighted by atomic mass is 9.93. The third-order valence-corrected chi connectivity index (χ3v) is 3.32. The van der Waals surface area contributed by atoms with E-state index in [1.165, 1.54) is 6.07 Å². The summed E-state index contributed by atoms with van der Waals surface area (Å²) in [6, 6.07) is 1.49. The Hall–Kier alpha value is -1.24. The van der Waals surface area contributed by atoms with Crippen molar-refractivity contribution in [3.8, 4) is 0 Å². The van der Waals surface area contributed by atoms with Crippen LogP contribution in [0.3, 0.4) is 0 Å². The van der Waals surface area contributed by atoms with E-state index in [4.69, 9.17) is 15.2 Å². The van der Waals surface area contributed by atoms with Gasteiger partial charge < -0.3 is 20.2 Å². The number of nitrogens with one attached hydrogen (secondary N) is 1. The number of methoxy groups -OCH3 is 1. The van der Waals surface area contributed by atoms with Crippen molar-refractivity contribution in [2.75, 3.05) is 26.9 Å². The summed E-state index contributed by atoms with van der Waals surface area (Å²) in [4.78, 5) is 18.9. The summed E-state index contributed by atoms with van der Waals surface area (Å²) in [5.41, 5.74) is 5.51. The van der Waals surface area contributed by atoms with Crippen LogP contribution in [0.5, 0.6) is 0 Å². The van der Waals surface area contributed by atoms with Gasteiger partial charge in [-0.15, -0.1) is 0 Å². The van der Waals surface area contributed by atoms with Gasteiger partial charge in [-0.25, -0.2) is 4.98 Å². The molecule has 18 heavy (non-hydrogen) atoms. The number of aromatic nitrogens is 2. The zero-order valence-electron chi connectivity index (χ0n) is 10.6. The van der Waals surface area contributed by atoms with Crippen molar-refractivity contribution < 1.29 is 9.47 Å². The smallest absolute Gasteiger partial charge is 0.251 e. The topological polar surface area (TPSA) is 90.2 Å². The van der Waals surface area contributed by atoms with Gasteiger partial charge in [-0.3, -0.25) is 4.79 Å². The fourth-order valence-corrected chi connectivity index (χ4v) is 2.24. The van der Waals surface area contributed by atoms with Gasteiger partial charge in [-0.1, -0.05) is 0 Å². The number of aromatic amines is 1. The van der Waals surface area contributed by atoms with Crippen molar-refractivity contribution in [1.29, 1.82) is 0 Å². The standard InChI is InChI=1S/C12H19N3O3/c1-17-12(3-6-18-7-4-12)11-14-9(2-5-13)8-10(16)15-11/h8H,2-7,13H2,1H3,(H,14,15,16). The van der Waals surface area contributed by atoms with E-state index in [0.29, 0.717) is 50.5 Å². The molecule has 0 unspecified atom stereocenters. The second kappa shape index (κ2) is 5.60. The summed E-state index contributed by atoms with van der Waals surface area (Å²) >= 11 is 0. The number of hydrogen-bond donors (Lipinski definition) is 2. The molecule has 0 aliphatic carbocycles. The number of nitrogens with zero attached hydrogens (tertiary/aromatic N) is 1. The minimum Gasteiger partial charge on any atom is -0.381 e. The number of H-pyrrole nitrogens is 1. The molecule has 1 aromatic rings.